The van der Waals surface area contributed by atoms with Gasteiger partial charge in [0.25, 0.3) is 5.91 Å². The van der Waals surface area contributed by atoms with E-state index in [-0.39, 0.29) is 23.2 Å². The van der Waals surface area contributed by atoms with Gasteiger partial charge < -0.3 is 4.90 Å². The Balaban J connectivity index is 1.73. The molecule has 0 saturated carbocycles. The summed E-state index contributed by atoms with van der Waals surface area (Å²) in [7, 11) is -3.25. The first-order chi connectivity index (χ1) is 11.3. The van der Waals surface area contributed by atoms with E-state index in [9.17, 15) is 17.6 Å². The van der Waals surface area contributed by atoms with E-state index in [1.54, 1.807) is 29.2 Å². The highest BCUT2D eigenvalue weighted by atomic mass is 32.2. The lowest BCUT2D eigenvalue weighted by molar-refractivity contribution is 0.0706. The quantitative estimate of drug-likeness (QED) is 0.909. The van der Waals surface area contributed by atoms with Crippen molar-refractivity contribution in [3.05, 3.63) is 41.8 Å². The van der Waals surface area contributed by atoms with Crippen LogP contribution >= 0.6 is 0 Å². The van der Waals surface area contributed by atoms with Crippen LogP contribution in [0.25, 0.3) is 10.9 Å². The third-order valence-corrected chi connectivity index (χ3v) is 4.81. The third-order valence-electron chi connectivity index (χ3n) is 4.05. The number of likely N-dealkylation sites (tertiary alicyclic amines) is 1. The van der Waals surface area contributed by atoms with Crippen LogP contribution in [0.5, 0.6) is 0 Å². The summed E-state index contributed by atoms with van der Waals surface area (Å²) < 4.78 is 38.9. The molecule has 1 saturated heterocycles. The Bertz CT molecular complexity index is 877. The van der Waals surface area contributed by atoms with Crippen LogP contribution in [-0.4, -0.2) is 49.6 Å². The Morgan fingerprint density at radius 1 is 1.25 bits per heavy atom. The molecule has 24 heavy (non-hydrogen) atoms. The zero-order chi connectivity index (χ0) is 17.3. The number of para-hydroxylation sites is 1. The molecule has 2 heterocycles. The highest BCUT2D eigenvalue weighted by molar-refractivity contribution is 7.88. The van der Waals surface area contributed by atoms with Gasteiger partial charge >= 0.3 is 0 Å². The maximum absolute atomic E-state index is 13.8. The van der Waals surface area contributed by atoms with Crippen molar-refractivity contribution in [1.29, 1.82) is 0 Å². The van der Waals surface area contributed by atoms with Crippen LogP contribution in [0.4, 0.5) is 4.39 Å². The molecular formula is C16H18FN3O3S. The van der Waals surface area contributed by atoms with E-state index in [0.29, 0.717) is 31.3 Å². The fourth-order valence-corrected chi connectivity index (χ4v) is 3.74. The lowest BCUT2D eigenvalue weighted by Gasteiger charge is -2.31. The molecule has 6 nitrogen and oxygen atoms in total. The van der Waals surface area contributed by atoms with E-state index in [4.69, 9.17) is 0 Å². The monoisotopic (exact) mass is 351 g/mol. The van der Waals surface area contributed by atoms with Gasteiger partial charge in [0.1, 0.15) is 17.0 Å². The van der Waals surface area contributed by atoms with Crippen molar-refractivity contribution in [2.45, 2.75) is 18.9 Å². The molecule has 8 heteroatoms. The smallest absolute Gasteiger partial charge is 0.272 e. The van der Waals surface area contributed by atoms with Gasteiger partial charge in [-0.05, 0) is 25.0 Å². The molecule has 0 bridgehead atoms. The zero-order valence-electron chi connectivity index (χ0n) is 13.2. The van der Waals surface area contributed by atoms with Gasteiger partial charge in [0.05, 0.1) is 6.26 Å². The first-order valence-corrected chi connectivity index (χ1v) is 9.54. The fourth-order valence-electron chi connectivity index (χ4n) is 2.90. The Labute approximate surface area is 139 Å². The number of fused-ring (bicyclic) bond motifs is 1. The second kappa shape index (κ2) is 6.45. The predicted octanol–water partition coefficient (Wildman–Crippen LogP) is 1.53. The number of nitrogens with zero attached hydrogens (tertiary/aromatic N) is 2. The van der Waals surface area contributed by atoms with Gasteiger partial charge in [-0.25, -0.2) is 22.5 Å². The van der Waals surface area contributed by atoms with E-state index >= 15 is 0 Å². The second-order valence-electron chi connectivity index (χ2n) is 5.96. The molecule has 1 amide bonds. The van der Waals surface area contributed by atoms with E-state index in [1.165, 1.54) is 6.07 Å². The van der Waals surface area contributed by atoms with Gasteiger partial charge in [-0.2, -0.15) is 0 Å². The molecule has 2 aromatic rings. The normalized spacial score (nSPS) is 16.5. The van der Waals surface area contributed by atoms with Crippen LogP contribution in [0, 0.1) is 5.82 Å². The number of aromatic nitrogens is 1. The van der Waals surface area contributed by atoms with E-state index in [2.05, 4.69) is 9.71 Å². The minimum atomic E-state index is -3.25. The number of halogens is 1. The first-order valence-electron chi connectivity index (χ1n) is 7.65. The molecule has 1 N–H and O–H groups in total. The molecule has 0 atom stereocenters. The van der Waals surface area contributed by atoms with Gasteiger partial charge in [-0.15, -0.1) is 0 Å². The van der Waals surface area contributed by atoms with E-state index < -0.39 is 15.8 Å². The number of benzene rings is 1. The molecular weight excluding hydrogens is 333 g/mol. The van der Waals surface area contributed by atoms with E-state index in [1.807, 2.05) is 0 Å². The summed E-state index contributed by atoms with van der Waals surface area (Å²) in [5, 5.41) is 0.641. The molecule has 0 unspecified atom stereocenters. The number of hydrogen-bond donors (Lipinski definition) is 1. The lowest BCUT2D eigenvalue weighted by atomic mass is 10.1. The Hall–Kier alpha value is -2.06. The van der Waals surface area contributed by atoms with Crippen LogP contribution in [0.3, 0.4) is 0 Å². The number of amides is 1. The number of carbonyl (C=O) groups is 1. The minimum absolute atomic E-state index is 0.161. The molecule has 1 aliphatic rings. The SMILES string of the molecule is CS(=O)(=O)NC1CCN(C(=O)c2ccc3cccc(F)c3n2)CC1. The first kappa shape index (κ1) is 16.8. The Morgan fingerprint density at radius 2 is 1.96 bits per heavy atom. The van der Waals surface area contributed by atoms with Crippen molar-refractivity contribution >= 4 is 26.8 Å². The van der Waals surface area contributed by atoms with Gasteiger partial charge in [0.15, 0.2) is 0 Å². The Kier molecular flexibility index (Phi) is 4.51. The van der Waals surface area contributed by atoms with E-state index in [0.717, 1.165) is 6.26 Å². The highest BCUT2D eigenvalue weighted by Gasteiger charge is 2.26. The van der Waals surface area contributed by atoms with Crippen molar-refractivity contribution in [1.82, 2.24) is 14.6 Å². The number of hydrogen-bond acceptors (Lipinski definition) is 4. The van der Waals surface area contributed by atoms with Gasteiger partial charge in [-0.1, -0.05) is 18.2 Å². The molecule has 0 aliphatic carbocycles. The van der Waals surface area contributed by atoms with Gasteiger partial charge in [0.2, 0.25) is 10.0 Å². The third kappa shape index (κ3) is 3.70. The summed E-state index contributed by atoms with van der Waals surface area (Å²) in [5.41, 5.74) is 0.374. The van der Waals surface area contributed by atoms with Gasteiger partial charge in [0, 0.05) is 24.5 Å². The average molecular weight is 351 g/mol. The second-order valence-corrected chi connectivity index (χ2v) is 7.74. The lowest BCUT2D eigenvalue weighted by Crippen LogP contribution is -2.46. The standard InChI is InChI=1S/C16H18FN3O3S/c1-24(22,23)19-12-7-9-20(10-8-12)16(21)14-6-5-11-3-2-4-13(17)15(11)18-14/h2-6,12,19H,7-10H2,1H3. The summed E-state index contributed by atoms with van der Waals surface area (Å²) in [6, 6.07) is 7.75. The summed E-state index contributed by atoms with van der Waals surface area (Å²) in [5.74, 6) is -0.726. The van der Waals surface area contributed by atoms with Crippen LogP contribution in [-0.2, 0) is 10.0 Å². The molecule has 1 fully saturated rings. The fraction of sp³-hybridized carbons (Fsp3) is 0.375. The van der Waals surface area contributed by atoms with Crippen LogP contribution in [0.2, 0.25) is 0 Å². The molecule has 1 aromatic carbocycles. The van der Waals surface area contributed by atoms with Crippen molar-refractivity contribution < 1.29 is 17.6 Å². The van der Waals surface area contributed by atoms with Crippen LogP contribution in [0.1, 0.15) is 23.3 Å². The molecule has 3 rings (SSSR count). The largest absolute Gasteiger partial charge is 0.337 e. The summed E-state index contributed by atoms with van der Waals surface area (Å²) >= 11 is 0. The molecule has 0 radical (unpaired) electrons. The summed E-state index contributed by atoms with van der Waals surface area (Å²) in [6.07, 6.45) is 2.21. The average Bonchev–Trinajstić information content (AvgIpc) is 2.53. The number of pyridine rings is 1. The van der Waals surface area contributed by atoms with Crippen molar-refractivity contribution in [2.75, 3.05) is 19.3 Å². The number of carbonyl (C=O) groups excluding carboxylic acids is 1. The molecule has 1 aromatic heterocycles. The summed E-state index contributed by atoms with van der Waals surface area (Å²) in [6.45, 7) is 0.867. The maximum Gasteiger partial charge on any atom is 0.272 e. The van der Waals surface area contributed by atoms with Crippen LogP contribution in [0.15, 0.2) is 30.3 Å². The molecule has 128 valence electrons. The zero-order valence-corrected chi connectivity index (χ0v) is 14.0. The highest BCUT2D eigenvalue weighted by Crippen LogP contribution is 2.18. The summed E-state index contributed by atoms with van der Waals surface area (Å²) in [4.78, 5) is 18.3. The number of rotatable bonds is 3. The van der Waals surface area contributed by atoms with Crippen molar-refractivity contribution in [2.24, 2.45) is 0 Å². The number of sulfonamides is 1. The van der Waals surface area contributed by atoms with Crippen LogP contribution < -0.4 is 4.72 Å². The molecule has 0 spiro atoms. The van der Waals surface area contributed by atoms with Gasteiger partial charge in [-0.3, -0.25) is 4.79 Å². The van der Waals surface area contributed by atoms with Crippen molar-refractivity contribution in [3.63, 3.8) is 0 Å². The number of piperidine rings is 1. The minimum Gasteiger partial charge on any atom is -0.337 e. The Morgan fingerprint density at radius 3 is 2.62 bits per heavy atom. The molecule has 1 aliphatic heterocycles. The number of nitrogens with one attached hydrogen (secondary N) is 1. The topological polar surface area (TPSA) is 79.4 Å². The van der Waals surface area contributed by atoms with Crippen molar-refractivity contribution in [3.8, 4) is 0 Å². The predicted molar refractivity (Wildman–Crippen MR) is 88.6 cm³/mol. The maximum atomic E-state index is 13.8.